The van der Waals surface area contributed by atoms with Crippen LogP contribution in [0.5, 0.6) is 0 Å². The molecule has 1 aliphatic carbocycles. The molecule has 1 saturated carbocycles. The molecule has 0 radical (unpaired) electrons. The van der Waals surface area contributed by atoms with E-state index in [9.17, 15) is 0 Å². The van der Waals surface area contributed by atoms with E-state index in [1.165, 1.54) is 32.2 Å². The second-order valence-electron chi connectivity index (χ2n) is 7.38. The molecule has 0 aromatic rings. The largest absolute Gasteiger partial charge is 0.383 e. The molecular weight excluding hydrogens is 260 g/mol. The molecule has 0 aromatic heterocycles. The molecule has 4 atom stereocenters. The summed E-state index contributed by atoms with van der Waals surface area (Å²) in [6.07, 6.45) is 5.35. The minimum atomic E-state index is 0.501. The van der Waals surface area contributed by atoms with Crippen LogP contribution in [0.3, 0.4) is 0 Å². The number of methoxy groups -OCH3 is 1. The smallest absolute Gasteiger partial charge is 0.0615 e. The Balaban J connectivity index is 2.60. The van der Waals surface area contributed by atoms with E-state index < -0.39 is 0 Å². The van der Waals surface area contributed by atoms with E-state index in [0.717, 1.165) is 30.9 Å². The second kappa shape index (κ2) is 9.81. The van der Waals surface area contributed by atoms with Crippen molar-refractivity contribution in [1.82, 2.24) is 10.2 Å². The zero-order valence-electron chi connectivity index (χ0n) is 15.2. The van der Waals surface area contributed by atoms with Gasteiger partial charge in [0.25, 0.3) is 0 Å². The van der Waals surface area contributed by atoms with E-state index in [4.69, 9.17) is 4.74 Å². The molecule has 1 rings (SSSR count). The van der Waals surface area contributed by atoms with Gasteiger partial charge in [0.15, 0.2) is 0 Å². The molecule has 0 aromatic carbocycles. The molecule has 4 unspecified atom stereocenters. The fraction of sp³-hybridized carbons (Fsp3) is 1.00. The predicted molar refractivity (Wildman–Crippen MR) is 91.7 cm³/mol. The lowest BCUT2D eigenvalue weighted by molar-refractivity contribution is 0.0788. The van der Waals surface area contributed by atoms with Crippen molar-refractivity contribution in [2.75, 3.05) is 33.9 Å². The Hall–Kier alpha value is -0.120. The van der Waals surface area contributed by atoms with Crippen LogP contribution in [0.4, 0.5) is 0 Å². The van der Waals surface area contributed by atoms with Gasteiger partial charge in [0.2, 0.25) is 0 Å². The average molecular weight is 299 g/mol. The molecule has 0 bridgehead atoms. The van der Waals surface area contributed by atoms with Crippen LogP contribution in [0.15, 0.2) is 0 Å². The molecule has 1 N–H and O–H groups in total. The van der Waals surface area contributed by atoms with Crippen molar-refractivity contribution in [2.45, 2.75) is 65.5 Å². The number of ether oxygens (including phenoxy) is 1. The monoisotopic (exact) mass is 298 g/mol. The summed E-state index contributed by atoms with van der Waals surface area (Å²) in [5.74, 6) is 2.50. The van der Waals surface area contributed by atoms with E-state index in [0.29, 0.717) is 12.1 Å². The van der Waals surface area contributed by atoms with Crippen LogP contribution in [-0.4, -0.2) is 50.8 Å². The number of nitrogens with zero attached hydrogens (tertiary/aromatic N) is 1. The third kappa shape index (κ3) is 6.25. The van der Waals surface area contributed by atoms with Gasteiger partial charge in [-0.25, -0.2) is 0 Å². The first-order chi connectivity index (χ1) is 9.99. The van der Waals surface area contributed by atoms with Crippen LogP contribution in [0.2, 0.25) is 0 Å². The average Bonchev–Trinajstić information content (AvgIpc) is 2.45. The van der Waals surface area contributed by atoms with Crippen LogP contribution < -0.4 is 5.32 Å². The normalized spacial score (nSPS) is 28.3. The van der Waals surface area contributed by atoms with Crippen LogP contribution in [0.25, 0.3) is 0 Å². The zero-order valence-corrected chi connectivity index (χ0v) is 15.2. The van der Waals surface area contributed by atoms with Crippen molar-refractivity contribution < 1.29 is 4.74 Å². The maximum absolute atomic E-state index is 5.31. The van der Waals surface area contributed by atoms with Crippen LogP contribution in [-0.2, 0) is 4.74 Å². The fourth-order valence-electron chi connectivity index (χ4n) is 3.62. The molecule has 0 aliphatic heterocycles. The highest BCUT2D eigenvalue weighted by Crippen LogP contribution is 2.34. The number of hydrogen-bond acceptors (Lipinski definition) is 3. The third-order valence-electron chi connectivity index (χ3n) is 5.31. The van der Waals surface area contributed by atoms with Gasteiger partial charge in [0.1, 0.15) is 0 Å². The van der Waals surface area contributed by atoms with E-state index in [1.54, 1.807) is 7.11 Å². The molecule has 126 valence electrons. The summed E-state index contributed by atoms with van der Waals surface area (Å²) in [4.78, 5) is 2.48. The van der Waals surface area contributed by atoms with Crippen molar-refractivity contribution in [3.05, 3.63) is 0 Å². The van der Waals surface area contributed by atoms with Gasteiger partial charge in [0, 0.05) is 25.7 Å². The highest BCUT2D eigenvalue weighted by atomic mass is 16.5. The van der Waals surface area contributed by atoms with Crippen molar-refractivity contribution in [1.29, 1.82) is 0 Å². The number of likely N-dealkylation sites (N-methyl/N-ethyl adjacent to an activating group) is 1. The number of hydrogen-bond donors (Lipinski definition) is 1. The Morgan fingerprint density at radius 1 is 1.24 bits per heavy atom. The van der Waals surface area contributed by atoms with Crippen LogP contribution in [0.1, 0.15) is 53.4 Å². The van der Waals surface area contributed by atoms with E-state index in [2.05, 4.69) is 45.0 Å². The van der Waals surface area contributed by atoms with Crippen LogP contribution in [0, 0.1) is 17.8 Å². The summed E-state index contributed by atoms with van der Waals surface area (Å²) >= 11 is 0. The summed E-state index contributed by atoms with van der Waals surface area (Å²) < 4.78 is 5.31. The Bertz CT molecular complexity index is 270. The molecule has 21 heavy (non-hydrogen) atoms. The molecule has 0 heterocycles. The van der Waals surface area contributed by atoms with Gasteiger partial charge in [0.05, 0.1) is 6.61 Å². The molecule has 0 saturated heterocycles. The molecule has 3 nitrogen and oxygen atoms in total. The van der Waals surface area contributed by atoms with E-state index >= 15 is 0 Å². The summed E-state index contributed by atoms with van der Waals surface area (Å²) in [6, 6.07) is 1.21. The standard InChI is InChI=1S/C18H38N2O/c1-7-10-19-18-9-8-16(14(2)3)11-17(18)12-20(5)15(4)13-21-6/h14-19H,7-13H2,1-6H3. The minimum absolute atomic E-state index is 0.501. The maximum Gasteiger partial charge on any atom is 0.0615 e. The number of nitrogens with one attached hydrogen (secondary N) is 1. The molecule has 1 aliphatic rings. The highest BCUT2D eigenvalue weighted by Gasteiger charge is 2.32. The van der Waals surface area contributed by atoms with Gasteiger partial charge in [-0.05, 0) is 64.0 Å². The van der Waals surface area contributed by atoms with Gasteiger partial charge in [-0.3, -0.25) is 0 Å². The second-order valence-corrected chi connectivity index (χ2v) is 7.38. The molecule has 0 spiro atoms. The van der Waals surface area contributed by atoms with Gasteiger partial charge in [-0.15, -0.1) is 0 Å². The van der Waals surface area contributed by atoms with Crippen LogP contribution >= 0.6 is 0 Å². The SMILES string of the molecule is CCCNC1CCC(C(C)C)CC1CN(C)C(C)COC. The topological polar surface area (TPSA) is 24.5 Å². The lowest BCUT2D eigenvalue weighted by Crippen LogP contribution is -2.48. The van der Waals surface area contributed by atoms with E-state index in [1.807, 2.05) is 0 Å². The number of rotatable bonds is 9. The van der Waals surface area contributed by atoms with Gasteiger partial charge < -0.3 is 15.0 Å². The lowest BCUT2D eigenvalue weighted by Gasteiger charge is -2.41. The third-order valence-corrected chi connectivity index (χ3v) is 5.31. The summed E-state index contributed by atoms with van der Waals surface area (Å²) in [6.45, 7) is 12.5. The summed E-state index contributed by atoms with van der Waals surface area (Å²) in [5.41, 5.74) is 0. The molecular formula is C18H38N2O. The Morgan fingerprint density at radius 3 is 2.52 bits per heavy atom. The Kier molecular flexibility index (Phi) is 8.84. The summed E-state index contributed by atoms with van der Waals surface area (Å²) in [7, 11) is 4.05. The van der Waals surface area contributed by atoms with Gasteiger partial charge in [-0.1, -0.05) is 20.8 Å². The fourth-order valence-corrected chi connectivity index (χ4v) is 3.62. The first-order valence-electron chi connectivity index (χ1n) is 8.92. The quantitative estimate of drug-likeness (QED) is 0.706. The zero-order chi connectivity index (χ0) is 15.8. The van der Waals surface area contributed by atoms with E-state index in [-0.39, 0.29) is 0 Å². The molecule has 0 amide bonds. The Morgan fingerprint density at radius 2 is 1.95 bits per heavy atom. The molecule has 3 heteroatoms. The predicted octanol–water partition coefficient (Wildman–Crippen LogP) is 3.39. The highest BCUT2D eigenvalue weighted by molar-refractivity contribution is 4.87. The van der Waals surface area contributed by atoms with Crippen molar-refractivity contribution in [3.63, 3.8) is 0 Å². The van der Waals surface area contributed by atoms with Crippen molar-refractivity contribution in [3.8, 4) is 0 Å². The van der Waals surface area contributed by atoms with Crippen molar-refractivity contribution >= 4 is 0 Å². The maximum atomic E-state index is 5.31. The van der Waals surface area contributed by atoms with Gasteiger partial charge in [-0.2, -0.15) is 0 Å². The lowest BCUT2D eigenvalue weighted by atomic mass is 9.73. The Labute approximate surface area is 132 Å². The van der Waals surface area contributed by atoms with Crippen molar-refractivity contribution in [2.24, 2.45) is 17.8 Å². The molecule has 1 fully saturated rings. The minimum Gasteiger partial charge on any atom is -0.383 e. The first kappa shape index (κ1) is 18.9. The summed E-state index contributed by atoms with van der Waals surface area (Å²) in [5, 5.41) is 3.80. The van der Waals surface area contributed by atoms with Gasteiger partial charge >= 0.3 is 0 Å². The first-order valence-corrected chi connectivity index (χ1v) is 8.92.